The smallest absolute Gasteiger partial charge is 0.281 e. The van der Waals surface area contributed by atoms with Crippen LogP contribution < -0.4 is 14.8 Å². The Morgan fingerprint density at radius 1 is 1.05 bits per heavy atom. The highest BCUT2D eigenvalue weighted by atomic mass is 32.2. The third kappa shape index (κ3) is 6.31. The highest BCUT2D eigenvalue weighted by Gasteiger charge is 2.23. The monoisotopic (exact) mass is 609 g/mol. The summed E-state index contributed by atoms with van der Waals surface area (Å²) in [5.74, 6) is -1.68. The van der Waals surface area contributed by atoms with Crippen LogP contribution in [0.4, 0.5) is 19.6 Å². The normalized spacial score (nSPS) is 11.3. The molecule has 216 valence electrons. The lowest BCUT2D eigenvalue weighted by molar-refractivity contribution is 0.371. The van der Waals surface area contributed by atoms with Gasteiger partial charge in [0.05, 0.1) is 24.7 Å². The molecule has 0 bridgehead atoms. The molecule has 13 heteroatoms. The summed E-state index contributed by atoms with van der Waals surface area (Å²) >= 11 is 1.09. The van der Waals surface area contributed by atoms with Crippen LogP contribution in [0.1, 0.15) is 21.6 Å². The molecule has 0 spiro atoms. The lowest BCUT2D eigenvalue weighted by atomic mass is 10.1. The number of anilines is 2. The SMILES string of the molecule is COc1cccc(CNc2cnc(S(=O)(=O)Nc3nc(-c4ccc(F)c(F)c4)c(Cc4ccncc4)s3)c(C)c2)c1O. The molecule has 0 saturated heterocycles. The molecule has 0 fully saturated rings. The first-order valence-electron chi connectivity index (χ1n) is 12.6. The van der Waals surface area contributed by atoms with Gasteiger partial charge < -0.3 is 15.2 Å². The van der Waals surface area contributed by atoms with E-state index in [9.17, 15) is 22.3 Å². The first-order valence-corrected chi connectivity index (χ1v) is 14.9. The van der Waals surface area contributed by atoms with Gasteiger partial charge in [0.1, 0.15) is 0 Å². The number of methoxy groups -OCH3 is 1. The number of halogens is 2. The van der Waals surface area contributed by atoms with Crippen LogP contribution in [0, 0.1) is 18.6 Å². The minimum absolute atomic E-state index is 0.00933. The number of benzene rings is 2. The van der Waals surface area contributed by atoms with E-state index in [1.807, 2.05) is 0 Å². The lowest BCUT2D eigenvalue weighted by Crippen LogP contribution is -2.16. The largest absolute Gasteiger partial charge is 0.504 e. The van der Waals surface area contributed by atoms with E-state index < -0.39 is 21.7 Å². The molecule has 0 unspecified atom stereocenters. The summed E-state index contributed by atoms with van der Waals surface area (Å²) in [7, 11) is -2.70. The maximum atomic E-state index is 14.1. The van der Waals surface area contributed by atoms with E-state index >= 15 is 0 Å². The standard InChI is InChI=1S/C29H25F2N5O4S2/c1-17-12-21(33-15-20-4-3-5-24(40-2)27(20)37)16-34-28(17)42(38,39)36-29-35-26(19-6-7-22(30)23(31)14-19)25(41-29)13-18-8-10-32-11-9-18/h3-12,14,16,33,37H,13,15H2,1-2H3,(H,35,36). The number of sulfonamides is 1. The van der Waals surface area contributed by atoms with Crippen molar-refractivity contribution in [3.8, 4) is 22.8 Å². The van der Waals surface area contributed by atoms with Gasteiger partial charge in [-0.05, 0) is 60.5 Å². The van der Waals surface area contributed by atoms with Gasteiger partial charge in [-0.1, -0.05) is 12.1 Å². The average molecular weight is 610 g/mol. The first kappa shape index (κ1) is 28.9. The number of aromatic hydroxyl groups is 1. The number of aromatic nitrogens is 3. The molecule has 9 nitrogen and oxygen atoms in total. The number of phenolic OH excluding ortho intramolecular Hbond substituents is 1. The van der Waals surface area contributed by atoms with Crippen molar-refractivity contribution in [2.24, 2.45) is 0 Å². The van der Waals surface area contributed by atoms with E-state index in [-0.39, 0.29) is 22.5 Å². The Morgan fingerprint density at radius 2 is 1.83 bits per heavy atom. The Balaban J connectivity index is 1.39. The van der Waals surface area contributed by atoms with Crippen molar-refractivity contribution in [1.82, 2.24) is 15.0 Å². The molecule has 5 aromatic rings. The summed E-state index contributed by atoms with van der Waals surface area (Å²) in [6, 6.07) is 13.8. The Kier molecular flexibility index (Phi) is 8.31. The van der Waals surface area contributed by atoms with Crippen molar-refractivity contribution >= 4 is 32.2 Å². The van der Waals surface area contributed by atoms with Gasteiger partial charge in [-0.2, -0.15) is 8.42 Å². The number of para-hydroxylation sites is 1. The molecule has 42 heavy (non-hydrogen) atoms. The summed E-state index contributed by atoms with van der Waals surface area (Å²) in [6.07, 6.45) is 5.01. The number of rotatable bonds is 10. The maximum Gasteiger partial charge on any atom is 0.281 e. The number of ether oxygens (including phenoxy) is 1. The predicted octanol–water partition coefficient (Wildman–Crippen LogP) is 5.90. The van der Waals surface area contributed by atoms with Gasteiger partial charge >= 0.3 is 0 Å². The van der Waals surface area contributed by atoms with E-state index in [4.69, 9.17) is 4.74 Å². The third-order valence-electron chi connectivity index (χ3n) is 6.30. The highest BCUT2D eigenvalue weighted by Crippen LogP contribution is 2.35. The Hall–Kier alpha value is -4.62. The van der Waals surface area contributed by atoms with Crippen LogP contribution in [-0.4, -0.2) is 35.6 Å². The molecule has 3 heterocycles. The molecule has 0 atom stereocenters. The molecule has 0 aliphatic rings. The summed E-state index contributed by atoms with van der Waals surface area (Å²) in [4.78, 5) is 13.3. The zero-order chi connectivity index (χ0) is 29.9. The van der Waals surface area contributed by atoms with Gasteiger partial charge in [-0.25, -0.2) is 18.7 Å². The molecule has 3 N–H and O–H groups in total. The summed E-state index contributed by atoms with van der Waals surface area (Å²) in [5, 5.41) is 13.3. The van der Waals surface area contributed by atoms with Crippen LogP contribution in [0.3, 0.4) is 0 Å². The van der Waals surface area contributed by atoms with Gasteiger partial charge in [0, 0.05) is 41.4 Å². The topological polar surface area (TPSA) is 126 Å². The molecule has 0 amide bonds. The fraction of sp³-hybridized carbons (Fsp3) is 0.138. The van der Waals surface area contributed by atoms with Crippen LogP contribution in [-0.2, 0) is 23.0 Å². The van der Waals surface area contributed by atoms with Crippen LogP contribution >= 0.6 is 11.3 Å². The number of thiazole rings is 1. The summed E-state index contributed by atoms with van der Waals surface area (Å²) in [6.45, 7) is 1.86. The van der Waals surface area contributed by atoms with Crippen molar-refractivity contribution in [2.75, 3.05) is 17.1 Å². The molecular formula is C29H25F2N5O4S2. The molecule has 0 saturated carbocycles. The first-order chi connectivity index (χ1) is 20.1. The van der Waals surface area contributed by atoms with E-state index in [0.29, 0.717) is 45.1 Å². The second-order valence-electron chi connectivity index (χ2n) is 9.23. The number of phenols is 1. The van der Waals surface area contributed by atoms with Gasteiger partial charge in [0.15, 0.2) is 33.3 Å². The number of nitrogens with one attached hydrogen (secondary N) is 2. The van der Waals surface area contributed by atoms with E-state index in [2.05, 4.69) is 25.0 Å². The van der Waals surface area contributed by atoms with Crippen molar-refractivity contribution in [1.29, 1.82) is 0 Å². The fourth-order valence-electron chi connectivity index (χ4n) is 4.25. The summed E-state index contributed by atoms with van der Waals surface area (Å²) in [5.41, 5.74) is 3.04. The van der Waals surface area contributed by atoms with E-state index in [0.717, 1.165) is 29.0 Å². The number of pyridine rings is 2. The maximum absolute atomic E-state index is 14.1. The zero-order valence-electron chi connectivity index (χ0n) is 22.4. The Bertz CT molecular complexity index is 1850. The van der Waals surface area contributed by atoms with Gasteiger partial charge in [-0.15, -0.1) is 11.3 Å². The third-order valence-corrected chi connectivity index (χ3v) is 8.79. The number of nitrogens with zero attached hydrogens (tertiary/aromatic N) is 3. The molecule has 3 aromatic heterocycles. The minimum atomic E-state index is -4.16. The summed E-state index contributed by atoms with van der Waals surface area (Å²) < 4.78 is 62.0. The van der Waals surface area contributed by atoms with Crippen molar-refractivity contribution in [2.45, 2.75) is 24.9 Å². The Labute approximate surface area is 245 Å². The number of hydrogen-bond donors (Lipinski definition) is 3. The van der Waals surface area contributed by atoms with Crippen molar-refractivity contribution < 1.29 is 27.0 Å². The molecule has 0 aliphatic heterocycles. The quantitative estimate of drug-likeness (QED) is 0.179. The number of hydrogen-bond acceptors (Lipinski definition) is 9. The van der Waals surface area contributed by atoms with Gasteiger partial charge in [-0.3, -0.25) is 9.71 Å². The van der Waals surface area contributed by atoms with E-state index in [1.54, 1.807) is 55.7 Å². The average Bonchev–Trinajstić information content (AvgIpc) is 3.35. The second-order valence-corrected chi connectivity index (χ2v) is 11.9. The van der Waals surface area contributed by atoms with Crippen LogP contribution in [0.5, 0.6) is 11.5 Å². The zero-order valence-corrected chi connectivity index (χ0v) is 24.1. The van der Waals surface area contributed by atoms with Crippen molar-refractivity contribution in [3.63, 3.8) is 0 Å². The minimum Gasteiger partial charge on any atom is -0.504 e. The predicted molar refractivity (Wildman–Crippen MR) is 156 cm³/mol. The van der Waals surface area contributed by atoms with Crippen LogP contribution in [0.2, 0.25) is 0 Å². The van der Waals surface area contributed by atoms with Gasteiger partial charge in [0.2, 0.25) is 0 Å². The second kappa shape index (κ2) is 12.1. The fourth-order valence-corrected chi connectivity index (χ4v) is 6.66. The molecule has 5 rings (SSSR count). The van der Waals surface area contributed by atoms with Gasteiger partial charge in [0.25, 0.3) is 10.0 Å². The van der Waals surface area contributed by atoms with Crippen LogP contribution in [0.15, 0.2) is 78.2 Å². The molecular weight excluding hydrogens is 584 g/mol. The van der Waals surface area contributed by atoms with Crippen LogP contribution in [0.25, 0.3) is 11.3 Å². The molecule has 2 aromatic carbocycles. The van der Waals surface area contributed by atoms with Crippen molar-refractivity contribution in [3.05, 3.63) is 106 Å². The number of aryl methyl sites for hydroxylation is 1. The van der Waals surface area contributed by atoms with E-state index in [1.165, 1.54) is 19.4 Å². The molecule has 0 aliphatic carbocycles. The lowest BCUT2D eigenvalue weighted by Gasteiger charge is -2.12. The molecule has 0 radical (unpaired) electrons. The highest BCUT2D eigenvalue weighted by molar-refractivity contribution is 7.92. The Morgan fingerprint density at radius 3 is 2.55 bits per heavy atom.